The van der Waals surface area contributed by atoms with E-state index in [1.165, 1.54) is 28.7 Å². The van der Waals surface area contributed by atoms with Crippen molar-refractivity contribution < 1.29 is 4.79 Å². The summed E-state index contributed by atoms with van der Waals surface area (Å²) in [5.74, 6) is 0.228. The molecule has 5 nitrogen and oxygen atoms in total. The van der Waals surface area contributed by atoms with Crippen LogP contribution in [-0.4, -0.2) is 21.9 Å². The zero-order chi connectivity index (χ0) is 19.2. The fraction of sp³-hybridized carbons (Fsp3) is 0.0952. The van der Waals surface area contributed by atoms with E-state index in [-0.39, 0.29) is 11.7 Å². The molecule has 4 aromatic rings. The first-order valence-electron chi connectivity index (χ1n) is 8.80. The first kappa shape index (κ1) is 18.5. The third-order valence-corrected chi connectivity index (χ3v) is 6.10. The Morgan fingerprint density at radius 3 is 2.61 bits per heavy atom. The van der Waals surface area contributed by atoms with E-state index in [1.807, 2.05) is 60.7 Å². The van der Waals surface area contributed by atoms with Gasteiger partial charge < -0.3 is 10.6 Å². The average Bonchev–Trinajstić information content (AvgIpc) is 3.20. The summed E-state index contributed by atoms with van der Waals surface area (Å²) >= 11 is 2.84. The molecule has 2 N–H and O–H groups in total. The van der Waals surface area contributed by atoms with E-state index in [2.05, 4.69) is 33.0 Å². The number of hydrogen-bond acceptors (Lipinski definition) is 6. The van der Waals surface area contributed by atoms with Crippen molar-refractivity contribution in [2.45, 2.75) is 10.9 Å². The number of carbonyl (C=O) groups is 1. The zero-order valence-electron chi connectivity index (χ0n) is 15.0. The fourth-order valence-corrected chi connectivity index (χ4v) is 4.31. The molecule has 0 saturated carbocycles. The maximum atomic E-state index is 12.4. The summed E-state index contributed by atoms with van der Waals surface area (Å²) in [5, 5.41) is 17.4. The van der Waals surface area contributed by atoms with Crippen LogP contribution in [0.1, 0.15) is 5.56 Å². The van der Waals surface area contributed by atoms with Gasteiger partial charge in [-0.2, -0.15) is 0 Å². The second-order valence-electron chi connectivity index (χ2n) is 6.08. The fourth-order valence-electron chi connectivity index (χ4n) is 2.76. The highest BCUT2D eigenvalue weighted by atomic mass is 32.2. The van der Waals surface area contributed by atoms with Crippen LogP contribution in [0.2, 0.25) is 0 Å². The van der Waals surface area contributed by atoms with Gasteiger partial charge in [0.1, 0.15) is 0 Å². The number of carbonyl (C=O) groups excluding carboxylic acids is 1. The molecule has 0 aliphatic carbocycles. The first-order valence-corrected chi connectivity index (χ1v) is 10.6. The van der Waals surface area contributed by atoms with Gasteiger partial charge in [-0.15, -0.1) is 10.2 Å². The second-order valence-corrected chi connectivity index (χ2v) is 8.28. The highest BCUT2D eigenvalue weighted by Gasteiger charge is 2.10. The van der Waals surface area contributed by atoms with Gasteiger partial charge in [-0.25, -0.2) is 0 Å². The number of fused-ring (bicyclic) bond motifs is 1. The molecule has 0 spiro atoms. The van der Waals surface area contributed by atoms with Gasteiger partial charge in [-0.3, -0.25) is 4.79 Å². The van der Waals surface area contributed by atoms with E-state index in [9.17, 15) is 4.79 Å². The predicted molar refractivity (Wildman–Crippen MR) is 117 cm³/mol. The van der Waals surface area contributed by atoms with E-state index < -0.39 is 0 Å². The van der Waals surface area contributed by atoms with Crippen molar-refractivity contribution in [3.05, 3.63) is 78.4 Å². The van der Waals surface area contributed by atoms with Crippen LogP contribution in [-0.2, 0) is 11.3 Å². The summed E-state index contributed by atoms with van der Waals surface area (Å²) in [6.07, 6.45) is 0. The van der Waals surface area contributed by atoms with Crippen molar-refractivity contribution in [2.24, 2.45) is 0 Å². The Balaban J connectivity index is 1.31. The van der Waals surface area contributed by atoms with E-state index in [0.29, 0.717) is 6.54 Å². The molecule has 4 rings (SSSR count). The van der Waals surface area contributed by atoms with Crippen LogP contribution in [0.15, 0.2) is 77.1 Å². The molecule has 1 amide bonds. The van der Waals surface area contributed by atoms with Gasteiger partial charge in [0.2, 0.25) is 11.0 Å². The van der Waals surface area contributed by atoms with Gasteiger partial charge in [0.15, 0.2) is 4.34 Å². The van der Waals surface area contributed by atoms with Crippen LogP contribution >= 0.6 is 23.1 Å². The normalized spacial score (nSPS) is 10.7. The van der Waals surface area contributed by atoms with E-state index in [0.717, 1.165) is 25.9 Å². The third kappa shape index (κ3) is 4.68. The van der Waals surface area contributed by atoms with E-state index >= 15 is 0 Å². The van der Waals surface area contributed by atoms with Crippen LogP contribution in [0, 0.1) is 0 Å². The van der Waals surface area contributed by atoms with Gasteiger partial charge in [0, 0.05) is 17.6 Å². The van der Waals surface area contributed by atoms with E-state index in [1.54, 1.807) is 0 Å². The minimum atomic E-state index is -0.0599. The maximum Gasteiger partial charge on any atom is 0.234 e. The number of hydrogen-bond donors (Lipinski definition) is 2. The zero-order valence-corrected chi connectivity index (χ0v) is 16.6. The number of anilines is 2. The third-order valence-electron chi connectivity index (χ3n) is 4.08. The number of amides is 1. The molecule has 0 atom stereocenters. The predicted octanol–water partition coefficient (Wildman–Crippen LogP) is 5.03. The molecule has 7 heteroatoms. The van der Waals surface area contributed by atoms with Crippen LogP contribution < -0.4 is 10.6 Å². The Kier molecular flexibility index (Phi) is 5.84. The van der Waals surface area contributed by atoms with Gasteiger partial charge in [-0.1, -0.05) is 89.8 Å². The summed E-state index contributed by atoms with van der Waals surface area (Å²) in [4.78, 5) is 12.4. The summed E-state index contributed by atoms with van der Waals surface area (Å²) in [7, 11) is 0. The largest absolute Gasteiger partial charge is 0.356 e. The minimum absolute atomic E-state index is 0.0599. The molecule has 0 aliphatic heterocycles. The van der Waals surface area contributed by atoms with Gasteiger partial charge >= 0.3 is 0 Å². The molecule has 0 saturated heterocycles. The smallest absolute Gasteiger partial charge is 0.234 e. The SMILES string of the molecule is O=C(CSc1nnc(NCc2ccccc2)s1)Nc1cccc2ccccc12. The minimum Gasteiger partial charge on any atom is -0.356 e. The first-order chi connectivity index (χ1) is 13.8. The lowest BCUT2D eigenvalue weighted by atomic mass is 10.1. The van der Waals surface area contributed by atoms with Gasteiger partial charge in [-0.05, 0) is 17.0 Å². The molecule has 0 bridgehead atoms. The molecule has 140 valence electrons. The molecule has 0 radical (unpaired) electrons. The van der Waals surface area contributed by atoms with Crippen molar-refractivity contribution >= 4 is 50.6 Å². The number of thioether (sulfide) groups is 1. The summed E-state index contributed by atoms with van der Waals surface area (Å²) in [6, 6.07) is 24.0. The summed E-state index contributed by atoms with van der Waals surface area (Å²) < 4.78 is 0.767. The Labute approximate surface area is 171 Å². The number of nitrogens with zero attached hydrogens (tertiary/aromatic N) is 2. The molecule has 0 fully saturated rings. The molecular formula is C21H18N4OS2. The Morgan fingerprint density at radius 2 is 1.71 bits per heavy atom. The van der Waals surface area contributed by atoms with Gasteiger partial charge in [0.05, 0.1) is 5.75 Å². The Hall–Kier alpha value is -2.90. The Bertz CT molecular complexity index is 1080. The average molecular weight is 407 g/mol. The Morgan fingerprint density at radius 1 is 0.929 bits per heavy atom. The summed E-state index contributed by atoms with van der Waals surface area (Å²) in [5.41, 5.74) is 2.01. The van der Waals surface area contributed by atoms with Crippen LogP contribution in [0.5, 0.6) is 0 Å². The number of nitrogens with one attached hydrogen (secondary N) is 2. The number of benzene rings is 3. The highest BCUT2D eigenvalue weighted by molar-refractivity contribution is 8.01. The number of aromatic nitrogens is 2. The van der Waals surface area contributed by atoms with Crippen molar-refractivity contribution in [1.82, 2.24) is 10.2 Å². The van der Waals surface area contributed by atoms with Gasteiger partial charge in [0.25, 0.3) is 0 Å². The van der Waals surface area contributed by atoms with Crippen LogP contribution in [0.4, 0.5) is 10.8 Å². The monoisotopic (exact) mass is 406 g/mol. The molecule has 3 aromatic carbocycles. The number of rotatable bonds is 7. The van der Waals surface area contributed by atoms with Crippen molar-refractivity contribution in [3.8, 4) is 0 Å². The van der Waals surface area contributed by atoms with Crippen LogP contribution in [0.3, 0.4) is 0 Å². The second kappa shape index (κ2) is 8.86. The molecular weight excluding hydrogens is 388 g/mol. The maximum absolute atomic E-state index is 12.4. The van der Waals surface area contributed by atoms with Crippen molar-refractivity contribution in [1.29, 1.82) is 0 Å². The lowest BCUT2D eigenvalue weighted by Crippen LogP contribution is -2.14. The molecule has 0 aliphatic rings. The van der Waals surface area contributed by atoms with Crippen LogP contribution in [0.25, 0.3) is 10.8 Å². The van der Waals surface area contributed by atoms with Crippen molar-refractivity contribution in [2.75, 3.05) is 16.4 Å². The van der Waals surface area contributed by atoms with E-state index in [4.69, 9.17) is 0 Å². The lowest BCUT2D eigenvalue weighted by molar-refractivity contribution is -0.113. The molecule has 1 heterocycles. The van der Waals surface area contributed by atoms with Crippen molar-refractivity contribution in [3.63, 3.8) is 0 Å². The highest BCUT2D eigenvalue weighted by Crippen LogP contribution is 2.27. The standard InChI is InChI=1S/C21H18N4OS2/c26-19(23-18-12-6-10-16-9-4-5-11-17(16)18)14-27-21-25-24-20(28-21)22-13-15-7-2-1-3-8-15/h1-12H,13-14H2,(H,22,24)(H,23,26). The lowest BCUT2D eigenvalue weighted by Gasteiger charge is -2.08. The molecule has 1 aromatic heterocycles. The molecule has 0 unspecified atom stereocenters. The quantitative estimate of drug-likeness (QED) is 0.421. The topological polar surface area (TPSA) is 66.9 Å². The molecule has 28 heavy (non-hydrogen) atoms. The summed E-state index contributed by atoms with van der Waals surface area (Å²) in [6.45, 7) is 0.696.